The Bertz CT molecular complexity index is 678. The van der Waals surface area contributed by atoms with E-state index in [1.807, 2.05) is 37.3 Å². The fourth-order valence-corrected chi connectivity index (χ4v) is 2.86. The highest BCUT2D eigenvalue weighted by Gasteiger charge is 2.34. The third-order valence-corrected chi connectivity index (χ3v) is 4.36. The van der Waals surface area contributed by atoms with Crippen LogP contribution in [0.3, 0.4) is 0 Å². The molecule has 2 nitrogen and oxygen atoms in total. The Morgan fingerprint density at radius 3 is 2.30 bits per heavy atom. The second-order valence-electron chi connectivity index (χ2n) is 6.15. The molecule has 2 aromatic carbocycles. The van der Waals surface area contributed by atoms with Gasteiger partial charge in [0.15, 0.2) is 0 Å². The van der Waals surface area contributed by atoms with Crippen LogP contribution in [0, 0.1) is 17.6 Å². The number of carbonyl (C=O) groups is 1. The molecule has 120 valence electrons. The Balaban J connectivity index is 1.88. The summed E-state index contributed by atoms with van der Waals surface area (Å²) in [5, 5.41) is 0. The molecular formula is C19H19F2NO. The van der Waals surface area contributed by atoms with E-state index in [1.54, 1.807) is 4.90 Å². The normalized spacial score (nSPS) is 15.3. The molecule has 0 bridgehead atoms. The van der Waals surface area contributed by atoms with Crippen molar-refractivity contribution < 1.29 is 13.6 Å². The van der Waals surface area contributed by atoms with Crippen molar-refractivity contribution in [2.45, 2.75) is 32.4 Å². The minimum Gasteiger partial charge on any atom is -0.331 e. The van der Waals surface area contributed by atoms with Crippen LogP contribution >= 0.6 is 0 Å². The first-order valence-corrected chi connectivity index (χ1v) is 7.85. The minimum absolute atomic E-state index is 0.0500. The van der Waals surface area contributed by atoms with E-state index in [9.17, 15) is 13.6 Å². The molecule has 1 unspecified atom stereocenters. The number of hydrogen-bond acceptors (Lipinski definition) is 1. The van der Waals surface area contributed by atoms with E-state index >= 15 is 0 Å². The molecule has 1 atom stereocenters. The van der Waals surface area contributed by atoms with Crippen LogP contribution in [-0.2, 0) is 6.54 Å². The van der Waals surface area contributed by atoms with Gasteiger partial charge in [0.1, 0.15) is 11.6 Å². The van der Waals surface area contributed by atoms with E-state index in [0.29, 0.717) is 12.5 Å². The third-order valence-electron chi connectivity index (χ3n) is 4.36. The van der Waals surface area contributed by atoms with Gasteiger partial charge in [0.2, 0.25) is 0 Å². The standard InChI is InChI=1S/C19H19F2NO/c1-13(15-7-8-15)22(12-14-5-3-2-4-6-14)19(23)16-9-17(20)11-18(21)10-16/h2-6,9-11,13,15H,7-8,12H2,1H3. The Hall–Kier alpha value is -2.23. The van der Waals surface area contributed by atoms with Gasteiger partial charge in [-0.25, -0.2) is 8.78 Å². The van der Waals surface area contributed by atoms with Crippen LogP contribution in [0.15, 0.2) is 48.5 Å². The van der Waals surface area contributed by atoms with Crippen molar-refractivity contribution in [3.05, 3.63) is 71.3 Å². The predicted molar refractivity (Wildman–Crippen MR) is 84.9 cm³/mol. The van der Waals surface area contributed by atoms with Crippen molar-refractivity contribution in [1.82, 2.24) is 4.90 Å². The Labute approximate surface area is 134 Å². The molecule has 1 aliphatic rings. The molecule has 0 saturated heterocycles. The van der Waals surface area contributed by atoms with E-state index in [-0.39, 0.29) is 17.5 Å². The molecule has 3 rings (SSSR count). The van der Waals surface area contributed by atoms with E-state index in [0.717, 1.165) is 36.6 Å². The zero-order valence-corrected chi connectivity index (χ0v) is 13.0. The van der Waals surface area contributed by atoms with Gasteiger partial charge in [0.25, 0.3) is 5.91 Å². The lowest BCUT2D eigenvalue weighted by atomic mass is 10.1. The maximum atomic E-state index is 13.4. The average Bonchev–Trinajstić information content (AvgIpc) is 3.36. The minimum atomic E-state index is -0.730. The largest absolute Gasteiger partial charge is 0.331 e. The number of halogens is 2. The van der Waals surface area contributed by atoms with Gasteiger partial charge < -0.3 is 4.90 Å². The predicted octanol–water partition coefficient (Wildman–Crippen LogP) is 4.41. The Morgan fingerprint density at radius 1 is 1.13 bits per heavy atom. The van der Waals surface area contributed by atoms with E-state index in [1.165, 1.54) is 0 Å². The monoisotopic (exact) mass is 315 g/mol. The number of rotatable bonds is 5. The third kappa shape index (κ3) is 3.76. The summed E-state index contributed by atoms with van der Waals surface area (Å²) in [5.41, 5.74) is 1.07. The maximum absolute atomic E-state index is 13.4. The first kappa shape index (κ1) is 15.7. The summed E-state index contributed by atoms with van der Waals surface area (Å²) in [5.74, 6) is -1.31. The number of hydrogen-bond donors (Lipinski definition) is 0. The van der Waals surface area contributed by atoms with Crippen molar-refractivity contribution in [2.24, 2.45) is 5.92 Å². The van der Waals surface area contributed by atoms with Crippen LogP contribution < -0.4 is 0 Å². The topological polar surface area (TPSA) is 20.3 Å². The zero-order valence-electron chi connectivity index (χ0n) is 13.0. The summed E-state index contributed by atoms with van der Waals surface area (Å²) >= 11 is 0. The summed E-state index contributed by atoms with van der Waals surface area (Å²) < 4.78 is 26.9. The van der Waals surface area contributed by atoms with Gasteiger partial charge in [-0.3, -0.25) is 4.79 Å². The highest BCUT2D eigenvalue weighted by Crippen LogP contribution is 2.36. The van der Waals surface area contributed by atoms with Crippen molar-refractivity contribution in [3.63, 3.8) is 0 Å². The van der Waals surface area contributed by atoms with Crippen LogP contribution in [0.2, 0.25) is 0 Å². The number of nitrogens with zero attached hydrogens (tertiary/aromatic N) is 1. The Morgan fingerprint density at radius 2 is 1.74 bits per heavy atom. The van der Waals surface area contributed by atoms with E-state index in [4.69, 9.17) is 0 Å². The molecule has 1 fully saturated rings. The number of amides is 1. The second-order valence-corrected chi connectivity index (χ2v) is 6.15. The molecule has 0 heterocycles. The number of carbonyl (C=O) groups excluding carboxylic acids is 1. The molecule has 0 aliphatic heterocycles. The summed E-state index contributed by atoms with van der Waals surface area (Å²) in [6.07, 6.45) is 2.19. The van der Waals surface area contributed by atoms with Gasteiger partial charge in [0.05, 0.1) is 0 Å². The maximum Gasteiger partial charge on any atom is 0.254 e. The second kappa shape index (κ2) is 6.49. The van der Waals surface area contributed by atoms with Gasteiger partial charge in [-0.05, 0) is 43.4 Å². The molecule has 23 heavy (non-hydrogen) atoms. The summed E-state index contributed by atoms with van der Waals surface area (Å²) in [7, 11) is 0. The van der Waals surface area contributed by atoms with Crippen LogP contribution in [0.25, 0.3) is 0 Å². The van der Waals surface area contributed by atoms with Crippen LogP contribution in [0.1, 0.15) is 35.7 Å². The van der Waals surface area contributed by atoms with Gasteiger partial charge in [-0.2, -0.15) is 0 Å². The average molecular weight is 315 g/mol. The molecule has 0 spiro atoms. The van der Waals surface area contributed by atoms with E-state index in [2.05, 4.69) is 0 Å². The summed E-state index contributed by atoms with van der Waals surface area (Å²) in [6.45, 7) is 2.45. The molecule has 1 aliphatic carbocycles. The number of benzene rings is 2. The van der Waals surface area contributed by atoms with Crippen molar-refractivity contribution in [1.29, 1.82) is 0 Å². The molecule has 1 amide bonds. The van der Waals surface area contributed by atoms with Crippen LogP contribution in [0.5, 0.6) is 0 Å². The van der Waals surface area contributed by atoms with Crippen molar-refractivity contribution >= 4 is 5.91 Å². The highest BCUT2D eigenvalue weighted by molar-refractivity contribution is 5.94. The first-order valence-electron chi connectivity index (χ1n) is 7.85. The lowest BCUT2D eigenvalue weighted by Gasteiger charge is -2.30. The SMILES string of the molecule is CC(C1CC1)N(Cc1ccccc1)C(=O)c1cc(F)cc(F)c1. The Kier molecular flexibility index (Phi) is 4.42. The van der Waals surface area contributed by atoms with Gasteiger partial charge in [-0.15, -0.1) is 0 Å². The van der Waals surface area contributed by atoms with Gasteiger partial charge in [-0.1, -0.05) is 30.3 Å². The van der Waals surface area contributed by atoms with Crippen molar-refractivity contribution in [3.8, 4) is 0 Å². The molecule has 2 aromatic rings. The lowest BCUT2D eigenvalue weighted by Crippen LogP contribution is -2.39. The molecule has 0 aromatic heterocycles. The van der Waals surface area contributed by atoms with Gasteiger partial charge >= 0.3 is 0 Å². The summed E-state index contributed by atoms with van der Waals surface area (Å²) in [4.78, 5) is 14.5. The molecule has 0 radical (unpaired) electrons. The molecule has 0 N–H and O–H groups in total. The fraction of sp³-hybridized carbons (Fsp3) is 0.316. The van der Waals surface area contributed by atoms with Crippen molar-refractivity contribution in [2.75, 3.05) is 0 Å². The smallest absolute Gasteiger partial charge is 0.254 e. The zero-order chi connectivity index (χ0) is 16.4. The van der Waals surface area contributed by atoms with E-state index < -0.39 is 11.6 Å². The molecular weight excluding hydrogens is 296 g/mol. The van der Waals surface area contributed by atoms with Crippen LogP contribution in [0.4, 0.5) is 8.78 Å². The first-order chi connectivity index (χ1) is 11.0. The highest BCUT2D eigenvalue weighted by atomic mass is 19.1. The van der Waals surface area contributed by atoms with Crippen LogP contribution in [-0.4, -0.2) is 16.8 Å². The summed E-state index contributed by atoms with van der Waals surface area (Å²) in [6, 6.07) is 12.7. The fourth-order valence-electron chi connectivity index (χ4n) is 2.86. The molecule has 4 heteroatoms. The molecule has 1 saturated carbocycles. The van der Waals surface area contributed by atoms with Gasteiger partial charge in [0, 0.05) is 24.2 Å². The quantitative estimate of drug-likeness (QED) is 0.800. The lowest BCUT2D eigenvalue weighted by molar-refractivity contribution is 0.0653.